The second-order valence-electron chi connectivity index (χ2n) is 5.14. The fourth-order valence-corrected chi connectivity index (χ4v) is 2.90. The molecule has 8 heteroatoms. The molecular formula is C14H21ClN4O3. The van der Waals surface area contributed by atoms with Crippen LogP contribution in [0.4, 0.5) is 11.5 Å². The second kappa shape index (κ2) is 7.11. The maximum Gasteiger partial charge on any atom is 0.328 e. The second-order valence-corrected chi connectivity index (χ2v) is 5.48. The first-order chi connectivity index (χ1) is 10.5. The van der Waals surface area contributed by atoms with Gasteiger partial charge in [0.1, 0.15) is 6.04 Å². The van der Waals surface area contributed by atoms with Gasteiger partial charge < -0.3 is 20.1 Å². The summed E-state index contributed by atoms with van der Waals surface area (Å²) in [5.74, 6) is 0.149. The number of nitrogen functional groups attached to an aromatic ring is 1. The Bertz CT molecular complexity index is 555. The lowest BCUT2D eigenvalue weighted by molar-refractivity contribution is -0.143. The fourth-order valence-electron chi connectivity index (χ4n) is 2.72. The molecule has 1 aliphatic rings. The molecule has 2 atom stereocenters. The lowest BCUT2D eigenvalue weighted by Crippen LogP contribution is -2.50. The summed E-state index contributed by atoms with van der Waals surface area (Å²) in [4.78, 5) is 22.3. The van der Waals surface area contributed by atoms with Crippen molar-refractivity contribution >= 4 is 29.1 Å². The Morgan fingerprint density at radius 2 is 2.18 bits per heavy atom. The molecule has 2 heterocycles. The molecule has 1 aromatic rings. The SMILES string of the molecule is CCc1nc(Cl)nc(N2CCC(OC)CC2C(=O)OC)c1N. The van der Waals surface area contributed by atoms with Gasteiger partial charge in [0.25, 0.3) is 0 Å². The predicted molar refractivity (Wildman–Crippen MR) is 84.0 cm³/mol. The van der Waals surface area contributed by atoms with Crippen LogP contribution in [0.15, 0.2) is 0 Å². The highest BCUT2D eigenvalue weighted by molar-refractivity contribution is 6.28. The van der Waals surface area contributed by atoms with Crippen LogP contribution in [0.2, 0.25) is 5.28 Å². The van der Waals surface area contributed by atoms with Gasteiger partial charge >= 0.3 is 5.97 Å². The van der Waals surface area contributed by atoms with Crippen LogP contribution in [-0.4, -0.2) is 48.8 Å². The van der Waals surface area contributed by atoms with E-state index in [1.807, 2.05) is 11.8 Å². The van der Waals surface area contributed by atoms with Crippen molar-refractivity contribution in [2.75, 3.05) is 31.4 Å². The molecule has 1 fully saturated rings. The number of piperidine rings is 1. The molecule has 22 heavy (non-hydrogen) atoms. The van der Waals surface area contributed by atoms with E-state index in [1.54, 1.807) is 7.11 Å². The van der Waals surface area contributed by atoms with Crippen LogP contribution in [0.25, 0.3) is 0 Å². The number of rotatable bonds is 4. The molecule has 7 nitrogen and oxygen atoms in total. The van der Waals surface area contributed by atoms with E-state index in [2.05, 4.69) is 9.97 Å². The van der Waals surface area contributed by atoms with Gasteiger partial charge in [-0.05, 0) is 24.4 Å². The number of nitrogens with zero attached hydrogens (tertiary/aromatic N) is 3. The fraction of sp³-hybridized carbons (Fsp3) is 0.643. The van der Waals surface area contributed by atoms with Gasteiger partial charge in [-0.2, -0.15) is 4.98 Å². The average molecular weight is 329 g/mol. The van der Waals surface area contributed by atoms with Gasteiger partial charge in [0.2, 0.25) is 5.28 Å². The lowest BCUT2D eigenvalue weighted by Gasteiger charge is -2.38. The van der Waals surface area contributed by atoms with Crippen LogP contribution in [0.1, 0.15) is 25.5 Å². The number of nitrogens with two attached hydrogens (primary N) is 1. The van der Waals surface area contributed by atoms with Crippen LogP contribution in [0, 0.1) is 0 Å². The minimum absolute atomic E-state index is 0.00419. The van der Waals surface area contributed by atoms with Crippen molar-refractivity contribution in [2.45, 2.75) is 38.3 Å². The summed E-state index contributed by atoms with van der Waals surface area (Å²) >= 11 is 5.99. The Labute approximate surface area is 134 Å². The van der Waals surface area contributed by atoms with Crippen molar-refractivity contribution in [3.05, 3.63) is 11.0 Å². The summed E-state index contributed by atoms with van der Waals surface area (Å²) in [7, 11) is 3.00. The minimum atomic E-state index is -0.498. The maximum absolute atomic E-state index is 12.1. The molecule has 2 unspecified atom stereocenters. The number of methoxy groups -OCH3 is 2. The summed E-state index contributed by atoms with van der Waals surface area (Å²) in [5, 5.41) is 0.124. The molecule has 2 N–H and O–H groups in total. The first kappa shape index (κ1) is 16.8. The maximum atomic E-state index is 12.1. The molecule has 1 aromatic heterocycles. The molecule has 0 radical (unpaired) electrons. The van der Waals surface area contributed by atoms with Crippen LogP contribution in [-0.2, 0) is 20.7 Å². The number of ether oxygens (including phenoxy) is 2. The summed E-state index contributed by atoms with van der Waals surface area (Å²) < 4.78 is 10.3. The number of halogens is 1. The van der Waals surface area contributed by atoms with Gasteiger partial charge in [-0.3, -0.25) is 0 Å². The van der Waals surface area contributed by atoms with Crippen molar-refractivity contribution in [1.29, 1.82) is 0 Å². The molecule has 2 rings (SSSR count). The quantitative estimate of drug-likeness (QED) is 0.660. The van der Waals surface area contributed by atoms with Crippen LogP contribution >= 0.6 is 11.6 Å². The van der Waals surface area contributed by atoms with E-state index in [9.17, 15) is 4.79 Å². The molecular weight excluding hydrogens is 308 g/mol. The van der Waals surface area contributed by atoms with Crippen molar-refractivity contribution in [3.63, 3.8) is 0 Å². The summed E-state index contributed by atoms with van der Waals surface area (Å²) in [6.45, 7) is 2.52. The minimum Gasteiger partial charge on any atom is -0.467 e. The smallest absolute Gasteiger partial charge is 0.328 e. The predicted octanol–water partition coefficient (Wildman–Crippen LogP) is 1.43. The molecule has 122 valence electrons. The van der Waals surface area contributed by atoms with Crippen LogP contribution in [0.3, 0.4) is 0 Å². The third-order valence-electron chi connectivity index (χ3n) is 3.95. The third-order valence-corrected chi connectivity index (χ3v) is 4.11. The van der Waals surface area contributed by atoms with E-state index in [1.165, 1.54) is 7.11 Å². The third kappa shape index (κ3) is 3.25. The first-order valence-electron chi connectivity index (χ1n) is 7.20. The Hall–Kier alpha value is -1.60. The number of hydrogen-bond donors (Lipinski definition) is 1. The van der Waals surface area contributed by atoms with Gasteiger partial charge in [-0.15, -0.1) is 0 Å². The van der Waals surface area contributed by atoms with E-state index in [0.717, 1.165) is 6.42 Å². The van der Waals surface area contributed by atoms with Crippen LogP contribution < -0.4 is 10.6 Å². The number of anilines is 2. The van der Waals surface area contributed by atoms with Gasteiger partial charge in [0.05, 0.1) is 24.6 Å². The number of hydrogen-bond acceptors (Lipinski definition) is 7. The topological polar surface area (TPSA) is 90.6 Å². The highest BCUT2D eigenvalue weighted by Crippen LogP contribution is 2.32. The van der Waals surface area contributed by atoms with Crippen LogP contribution in [0.5, 0.6) is 0 Å². The first-order valence-corrected chi connectivity index (χ1v) is 7.58. The molecule has 0 amide bonds. The summed E-state index contributed by atoms with van der Waals surface area (Å²) in [5.41, 5.74) is 7.28. The normalized spacial score (nSPS) is 21.7. The standard InChI is InChI=1S/C14H21ClN4O3/c1-4-9-11(16)12(18-14(15)17-9)19-6-5-8(21-2)7-10(19)13(20)22-3/h8,10H,4-7,16H2,1-3H3. The van der Waals surface area contributed by atoms with Crippen molar-refractivity contribution in [2.24, 2.45) is 0 Å². The number of carbonyl (C=O) groups is 1. The van der Waals surface area contributed by atoms with Gasteiger partial charge in [-0.25, -0.2) is 9.78 Å². The largest absolute Gasteiger partial charge is 0.467 e. The molecule has 0 saturated carbocycles. The molecule has 0 spiro atoms. The monoisotopic (exact) mass is 328 g/mol. The highest BCUT2D eigenvalue weighted by Gasteiger charge is 2.36. The van der Waals surface area contributed by atoms with Crippen molar-refractivity contribution < 1.29 is 14.3 Å². The Kier molecular flexibility index (Phi) is 5.42. The van der Waals surface area contributed by atoms with Gasteiger partial charge in [-0.1, -0.05) is 6.92 Å². The molecule has 1 saturated heterocycles. The zero-order valence-electron chi connectivity index (χ0n) is 13.0. The molecule has 0 aromatic carbocycles. The van der Waals surface area contributed by atoms with Gasteiger partial charge in [0.15, 0.2) is 5.82 Å². The van der Waals surface area contributed by atoms with Crippen molar-refractivity contribution in [3.8, 4) is 0 Å². The van der Waals surface area contributed by atoms with Crippen molar-refractivity contribution in [1.82, 2.24) is 9.97 Å². The Morgan fingerprint density at radius 3 is 2.77 bits per heavy atom. The number of esters is 1. The lowest BCUT2D eigenvalue weighted by atomic mass is 9.99. The molecule has 1 aliphatic heterocycles. The van der Waals surface area contributed by atoms with E-state index in [0.29, 0.717) is 36.6 Å². The summed E-state index contributed by atoms with van der Waals surface area (Å²) in [6, 6.07) is -0.498. The van der Waals surface area contributed by atoms with E-state index < -0.39 is 6.04 Å². The average Bonchev–Trinajstić information content (AvgIpc) is 2.55. The molecule has 0 aliphatic carbocycles. The van der Waals surface area contributed by atoms with E-state index >= 15 is 0 Å². The van der Waals surface area contributed by atoms with E-state index in [4.69, 9.17) is 26.8 Å². The number of aryl methyl sites for hydroxylation is 1. The van der Waals surface area contributed by atoms with E-state index in [-0.39, 0.29) is 17.4 Å². The zero-order chi connectivity index (χ0) is 16.3. The van der Waals surface area contributed by atoms with Gasteiger partial charge in [0, 0.05) is 20.1 Å². The number of carbonyl (C=O) groups excluding carboxylic acids is 1. The Balaban J connectivity index is 2.40. The highest BCUT2D eigenvalue weighted by atomic mass is 35.5. The zero-order valence-corrected chi connectivity index (χ0v) is 13.8. The molecule has 0 bridgehead atoms. The number of aromatic nitrogens is 2. The Morgan fingerprint density at radius 1 is 1.45 bits per heavy atom. The summed E-state index contributed by atoms with van der Waals surface area (Å²) in [6.07, 6.45) is 1.93.